The lowest BCUT2D eigenvalue weighted by molar-refractivity contribution is 0.776. The fourth-order valence-corrected chi connectivity index (χ4v) is 3.10. The fraction of sp³-hybridized carbons (Fsp3) is 0.263. The summed E-state index contributed by atoms with van der Waals surface area (Å²) in [7, 11) is 1.73. The molecule has 0 amide bonds. The number of hydrogen-bond acceptors (Lipinski definition) is 1. The zero-order valence-corrected chi connectivity index (χ0v) is 14.7. The molecule has 0 saturated carbocycles. The monoisotopic (exact) mass is 340 g/mol. The molecule has 3 rings (SSSR count). The molecule has 0 bridgehead atoms. The summed E-state index contributed by atoms with van der Waals surface area (Å²) < 4.78 is 0. The highest BCUT2D eigenvalue weighted by Crippen LogP contribution is 2.27. The first-order valence-corrected chi connectivity index (χ1v) is 8.45. The summed E-state index contributed by atoms with van der Waals surface area (Å²) in [6.07, 6.45) is 2.25. The minimum absolute atomic E-state index is 0.567. The van der Waals surface area contributed by atoms with Crippen molar-refractivity contribution >= 4 is 34.8 Å². The summed E-state index contributed by atoms with van der Waals surface area (Å²) in [5.74, 6) is 1.50. The second-order valence-corrected chi connectivity index (χ2v) is 6.16. The minimum atomic E-state index is 0.567. The lowest BCUT2D eigenvalue weighted by Crippen LogP contribution is -2.34. The van der Waals surface area contributed by atoms with E-state index >= 15 is 0 Å². The maximum Gasteiger partial charge on any atom is 0.223 e. The van der Waals surface area contributed by atoms with Crippen LogP contribution in [0.25, 0.3) is 0 Å². The predicted octanol–water partition coefficient (Wildman–Crippen LogP) is 4.61. The number of halogens is 1. The Morgan fingerprint density at radius 3 is 2.79 bits per heavy atom. The van der Waals surface area contributed by atoms with E-state index in [1.54, 1.807) is 7.05 Å². The number of benzene rings is 2. The number of fused-ring (bicyclic) bond motifs is 1. The molecule has 1 aliphatic heterocycles. The molecule has 0 unspecified atom stereocenters. The summed E-state index contributed by atoms with van der Waals surface area (Å²) in [5.41, 5.74) is 3.48. The van der Waals surface area contributed by atoms with Gasteiger partial charge in [-0.2, -0.15) is 0 Å². The van der Waals surface area contributed by atoms with E-state index in [4.69, 9.17) is 11.6 Å². The van der Waals surface area contributed by atoms with E-state index in [-0.39, 0.29) is 0 Å². The zero-order valence-electron chi connectivity index (χ0n) is 14.0. The molecule has 0 atom stereocenters. The molecule has 0 aromatic heterocycles. The van der Waals surface area contributed by atoms with Crippen LogP contribution in [-0.4, -0.2) is 25.4 Å². The summed E-state index contributed by atoms with van der Waals surface area (Å²) in [4.78, 5) is 11.2. The van der Waals surface area contributed by atoms with Gasteiger partial charge in [-0.05, 0) is 49.6 Å². The molecule has 0 aliphatic carbocycles. The third-order valence-electron chi connectivity index (χ3n) is 4.06. The smallest absolute Gasteiger partial charge is 0.223 e. The Labute approximate surface area is 147 Å². The Bertz CT molecular complexity index is 782. The first kappa shape index (κ1) is 16.5. The summed E-state index contributed by atoms with van der Waals surface area (Å²) >= 11 is 6.03. The highest BCUT2D eigenvalue weighted by Gasteiger charge is 2.18. The number of aryl methyl sites for hydroxylation is 1. The van der Waals surface area contributed by atoms with Crippen molar-refractivity contribution in [1.29, 1.82) is 0 Å². The molecule has 0 spiro atoms. The molecule has 0 radical (unpaired) electrons. The topological polar surface area (TPSA) is 40.0 Å². The normalized spacial score (nSPS) is 15.2. The molecule has 2 aromatic carbocycles. The number of anilines is 2. The van der Waals surface area contributed by atoms with Gasteiger partial charge in [0.25, 0.3) is 0 Å². The summed E-state index contributed by atoms with van der Waals surface area (Å²) in [5, 5.41) is 3.90. The van der Waals surface area contributed by atoms with E-state index in [1.807, 2.05) is 31.2 Å². The highest BCUT2D eigenvalue weighted by molar-refractivity contribution is 6.30. The van der Waals surface area contributed by atoms with E-state index in [2.05, 4.69) is 44.5 Å². The lowest BCUT2D eigenvalue weighted by Gasteiger charge is -2.30. The van der Waals surface area contributed by atoms with Gasteiger partial charge in [0.05, 0.1) is 0 Å². The van der Waals surface area contributed by atoms with Crippen LogP contribution in [0.1, 0.15) is 18.9 Å². The van der Waals surface area contributed by atoms with E-state index in [9.17, 15) is 0 Å². The molecule has 1 N–H and O–H groups in total. The number of para-hydroxylation sites is 1. The van der Waals surface area contributed by atoms with Crippen molar-refractivity contribution in [1.82, 2.24) is 0 Å². The van der Waals surface area contributed by atoms with Crippen LogP contribution in [0.2, 0.25) is 5.02 Å². The van der Waals surface area contributed by atoms with Crippen molar-refractivity contribution in [3.63, 3.8) is 0 Å². The second kappa shape index (κ2) is 7.49. The Kier molecular flexibility index (Phi) is 5.16. The van der Waals surface area contributed by atoms with Crippen LogP contribution in [0.4, 0.5) is 11.4 Å². The minimum Gasteiger partial charge on any atom is -0.330 e. The van der Waals surface area contributed by atoms with Gasteiger partial charge in [-0.25, -0.2) is 4.99 Å². The number of aliphatic imine (C=N–C) groups is 2. The van der Waals surface area contributed by atoms with Gasteiger partial charge in [0.2, 0.25) is 5.96 Å². The third kappa shape index (κ3) is 3.77. The van der Waals surface area contributed by atoms with Gasteiger partial charge in [0.1, 0.15) is 5.84 Å². The summed E-state index contributed by atoms with van der Waals surface area (Å²) in [6, 6.07) is 16.0. The Hall–Kier alpha value is -2.33. The van der Waals surface area contributed by atoms with Crippen LogP contribution in [0.5, 0.6) is 0 Å². The van der Waals surface area contributed by atoms with Gasteiger partial charge in [0, 0.05) is 30.0 Å². The first-order chi connectivity index (χ1) is 11.7. The van der Waals surface area contributed by atoms with Crippen molar-refractivity contribution in [3.05, 3.63) is 59.1 Å². The SMILES string of the molecule is CN=C(/N=C(\C)N1CCCc2ccccc21)Nc1cccc(Cl)c1. The van der Waals surface area contributed by atoms with Gasteiger partial charge in [-0.1, -0.05) is 35.9 Å². The largest absolute Gasteiger partial charge is 0.330 e. The van der Waals surface area contributed by atoms with Crippen molar-refractivity contribution in [2.45, 2.75) is 19.8 Å². The average molecular weight is 341 g/mol. The van der Waals surface area contributed by atoms with Crippen LogP contribution < -0.4 is 10.2 Å². The molecular formula is C19H21ClN4. The van der Waals surface area contributed by atoms with Crippen LogP contribution in [-0.2, 0) is 6.42 Å². The number of nitrogens with one attached hydrogen (secondary N) is 1. The third-order valence-corrected chi connectivity index (χ3v) is 4.30. The molecule has 0 saturated heterocycles. The van der Waals surface area contributed by atoms with Gasteiger partial charge in [0.15, 0.2) is 0 Å². The van der Waals surface area contributed by atoms with Gasteiger partial charge in [-0.3, -0.25) is 4.99 Å². The fourth-order valence-electron chi connectivity index (χ4n) is 2.91. The molecule has 5 heteroatoms. The number of amidine groups is 1. The Morgan fingerprint density at radius 1 is 1.17 bits per heavy atom. The van der Waals surface area contributed by atoms with E-state index in [1.165, 1.54) is 11.3 Å². The molecule has 1 heterocycles. The van der Waals surface area contributed by atoms with Crippen molar-refractivity contribution in [3.8, 4) is 0 Å². The molecule has 124 valence electrons. The quantitative estimate of drug-likeness (QED) is 0.608. The highest BCUT2D eigenvalue weighted by atomic mass is 35.5. The first-order valence-electron chi connectivity index (χ1n) is 8.07. The maximum absolute atomic E-state index is 6.03. The average Bonchev–Trinajstić information content (AvgIpc) is 2.60. The number of guanidine groups is 1. The predicted molar refractivity (Wildman–Crippen MR) is 104 cm³/mol. The second-order valence-electron chi connectivity index (χ2n) is 5.73. The van der Waals surface area contributed by atoms with Crippen LogP contribution in [0, 0.1) is 0 Å². The molecule has 2 aromatic rings. The van der Waals surface area contributed by atoms with E-state index in [0.717, 1.165) is 30.9 Å². The lowest BCUT2D eigenvalue weighted by atomic mass is 10.0. The van der Waals surface area contributed by atoms with Gasteiger partial charge >= 0.3 is 0 Å². The maximum atomic E-state index is 6.03. The molecule has 4 nitrogen and oxygen atoms in total. The van der Waals surface area contributed by atoms with Crippen LogP contribution in [0.15, 0.2) is 58.5 Å². The molecular weight excluding hydrogens is 320 g/mol. The summed E-state index contributed by atoms with van der Waals surface area (Å²) in [6.45, 7) is 2.99. The Morgan fingerprint density at radius 2 is 2.00 bits per heavy atom. The molecule has 0 fully saturated rings. The van der Waals surface area contributed by atoms with Crippen molar-refractivity contribution in [2.24, 2.45) is 9.98 Å². The van der Waals surface area contributed by atoms with Crippen molar-refractivity contribution < 1.29 is 0 Å². The van der Waals surface area contributed by atoms with Gasteiger partial charge < -0.3 is 10.2 Å². The Balaban J connectivity index is 1.82. The number of rotatable bonds is 1. The number of nitrogens with zero attached hydrogens (tertiary/aromatic N) is 3. The standard InChI is InChI=1S/C19H21ClN4/c1-14(24-12-6-8-15-7-3-4-11-18(15)24)22-19(21-2)23-17-10-5-9-16(20)13-17/h3-5,7,9-11,13H,6,8,12H2,1-2H3,(H,21,23)/b22-14+. The zero-order chi connectivity index (χ0) is 16.9. The van der Waals surface area contributed by atoms with Crippen molar-refractivity contribution in [2.75, 3.05) is 23.8 Å². The van der Waals surface area contributed by atoms with E-state index in [0.29, 0.717) is 11.0 Å². The molecule has 24 heavy (non-hydrogen) atoms. The number of hydrogen-bond donors (Lipinski definition) is 1. The molecule has 1 aliphatic rings. The van der Waals surface area contributed by atoms with Crippen LogP contribution >= 0.6 is 11.6 Å². The van der Waals surface area contributed by atoms with E-state index < -0.39 is 0 Å². The van der Waals surface area contributed by atoms with Crippen LogP contribution in [0.3, 0.4) is 0 Å². The van der Waals surface area contributed by atoms with Gasteiger partial charge in [-0.15, -0.1) is 0 Å².